The summed E-state index contributed by atoms with van der Waals surface area (Å²) in [5.41, 5.74) is 3.99. The zero-order chi connectivity index (χ0) is 20.0. The molecule has 142 valence electrons. The predicted molar refractivity (Wildman–Crippen MR) is 108 cm³/mol. The van der Waals surface area contributed by atoms with Gasteiger partial charge in [-0.05, 0) is 36.4 Å². The van der Waals surface area contributed by atoms with Crippen LogP contribution in [0.3, 0.4) is 0 Å². The molecule has 0 aliphatic heterocycles. The van der Waals surface area contributed by atoms with E-state index in [0.717, 1.165) is 16.6 Å². The fraction of sp³-hybridized carbons (Fsp3) is 0.0500. The van der Waals surface area contributed by atoms with Gasteiger partial charge in [-0.2, -0.15) is 10.1 Å². The van der Waals surface area contributed by atoms with Gasteiger partial charge in [0, 0.05) is 18.1 Å². The van der Waals surface area contributed by atoms with Crippen molar-refractivity contribution in [2.45, 2.75) is 0 Å². The molecule has 9 nitrogen and oxygen atoms in total. The number of fused-ring (bicyclic) bond motifs is 2. The number of rotatable bonds is 4. The molecule has 9 heteroatoms. The van der Waals surface area contributed by atoms with Crippen LogP contribution in [-0.2, 0) is 0 Å². The van der Waals surface area contributed by atoms with Crippen molar-refractivity contribution < 1.29 is 9.90 Å². The van der Waals surface area contributed by atoms with E-state index >= 15 is 0 Å². The number of aromatic amines is 1. The van der Waals surface area contributed by atoms with Crippen LogP contribution in [-0.4, -0.2) is 47.8 Å². The highest BCUT2D eigenvalue weighted by atomic mass is 16.4. The van der Waals surface area contributed by atoms with Gasteiger partial charge < -0.3 is 10.0 Å². The van der Waals surface area contributed by atoms with Crippen LogP contribution in [0.5, 0.6) is 0 Å². The number of carboxylic acid groups (broad SMARTS) is 1. The Morgan fingerprint density at radius 3 is 2.90 bits per heavy atom. The van der Waals surface area contributed by atoms with Crippen molar-refractivity contribution in [3.8, 4) is 5.69 Å². The average Bonchev–Trinajstić information content (AvgIpc) is 3.39. The van der Waals surface area contributed by atoms with Crippen LogP contribution in [0.2, 0.25) is 0 Å². The van der Waals surface area contributed by atoms with Crippen LogP contribution in [0.1, 0.15) is 10.4 Å². The van der Waals surface area contributed by atoms with Gasteiger partial charge in [-0.1, -0.05) is 6.07 Å². The van der Waals surface area contributed by atoms with E-state index in [-0.39, 0.29) is 5.56 Å². The van der Waals surface area contributed by atoms with Crippen LogP contribution in [0, 0.1) is 0 Å². The summed E-state index contributed by atoms with van der Waals surface area (Å²) in [7, 11) is 1.79. The molecular weight excluding hydrogens is 370 g/mol. The molecule has 0 bridgehead atoms. The third-order valence-corrected chi connectivity index (χ3v) is 4.76. The molecule has 0 fully saturated rings. The number of aromatic carboxylic acids is 1. The fourth-order valence-electron chi connectivity index (χ4n) is 3.19. The molecule has 29 heavy (non-hydrogen) atoms. The molecule has 0 atom stereocenters. The Bertz CT molecular complexity index is 1370. The Labute approximate surface area is 164 Å². The topological polar surface area (TPSA) is 113 Å². The van der Waals surface area contributed by atoms with E-state index in [1.165, 1.54) is 0 Å². The van der Waals surface area contributed by atoms with E-state index in [2.05, 4.69) is 25.1 Å². The van der Waals surface area contributed by atoms with Gasteiger partial charge in [0.2, 0.25) is 5.95 Å². The van der Waals surface area contributed by atoms with E-state index in [1.807, 2.05) is 28.8 Å². The van der Waals surface area contributed by atoms with Gasteiger partial charge in [0.25, 0.3) is 0 Å². The van der Waals surface area contributed by atoms with E-state index in [4.69, 9.17) is 0 Å². The Hall–Kier alpha value is -4.27. The molecule has 3 aromatic heterocycles. The second-order valence-electron chi connectivity index (χ2n) is 6.55. The minimum absolute atomic E-state index is 0.202. The number of carboxylic acids is 1. The second kappa shape index (κ2) is 6.41. The normalized spacial score (nSPS) is 11.2. The van der Waals surface area contributed by atoms with Gasteiger partial charge in [-0.15, -0.1) is 0 Å². The van der Waals surface area contributed by atoms with Crippen molar-refractivity contribution in [1.82, 2.24) is 29.7 Å². The Balaban J connectivity index is 1.58. The third-order valence-electron chi connectivity index (χ3n) is 4.76. The van der Waals surface area contributed by atoms with Crippen LogP contribution in [0.15, 0.2) is 61.2 Å². The smallest absolute Gasteiger partial charge is 0.335 e. The van der Waals surface area contributed by atoms with Crippen molar-refractivity contribution in [3.05, 3.63) is 66.7 Å². The van der Waals surface area contributed by atoms with Crippen LogP contribution in [0.4, 0.5) is 11.6 Å². The molecule has 0 aliphatic rings. The number of hydrogen-bond donors (Lipinski definition) is 2. The largest absolute Gasteiger partial charge is 0.478 e. The first kappa shape index (κ1) is 16.9. The fourth-order valence-corrected chi connectivity index (χ4v) is 3.19. The van der Waals surface area contributed by atoms with Crippen molar-refractivity contribution >= 4 is 39.7 Å². The number of imidazole rings is 1. The maximum atomic E-state index is 11.3. The molecule has 0 amide bonds. The zero-order valence-electron chi connectivity index (χ0n) is 15.3. The average molecular weight is 385 g/mol. The highest BCUT2D eigenvalue weighted by molar-refractivity contribution is 5.89. The minimum Gasteiger partial charge on any atom is -0.478 e. The first-order valence-corrected chi connectivity index (χ1v) is 8.81. The molecule has 0 saturated heterocycles. The maximum absolute atomic E-state index is 11.3. The van der Waals surface area contributed by atoms with Crippen molar-refractivity contribution in [2.24, 2.45) is 0 Å². The molecule has 0 aliphatic carbocycles. The van der Waals surface area contributed by atoms with E-state index in [0.29, 0.717) is 22.8 Å². The summed E-state index contributed by atoms with van der Waals surface area (Å²) >= 11 is 0. The number of nitrogens with zero attached hydrogens (tertiary/aromatic N) is 6. The molecule has 2 aromatic carbocycles. The predicted octanol–water partition coefficient (Wildman–Crippen LogP) is 3.16. The van der Waals surface area contributed by atoms with Crippen molar-refractivity contribution in [3.63, 3.8) is 0 Å². The van der Waals surface area contributed by atoms with Crippen molar-refractivity contribution in [1.29, 1.82) is 0 Å². The van der Waals surface area contributed by atoms with Gasteiger partial charge in [0.05, 0.1) is 29.2 Å². The number of anilines is 2. The number of hydrogen-bond acceptors (Lipinski definition) is 6. The van der Waals surface area contributed by atoms with Gasteiger partial charge in [0.1, 0.15) is 11.8 Å². The first-order chi connectivity index (χ1) is 14.1. The monoisotopic (exact) mass is 385 g/mol. The molecule has 0 unspecified atom stereocenters. The number of benzene rings is 2. The third kappa shape index (κ3) is 2.85. The van der Waals surface area contributed by atoms with E-state index < -0.39 is 5.97 Å². The molecule has 0 spiro atoms. The quantitative estimate of drug-likeness (QED) is 0.488. The lowest BCUT2D eigenvalue weighted by Gasteiger charge is -2.17. The molecule has 2 N–H and O–H groups in total. The van der Waals surface area contributed by atoms with E-state index in [1.54, 1.807) is 48.9 Å². The zero-order valence-corrected chi connectivity index (χ0v) is 15.3. The number of carbonyl (C=O) groups is 1. The van der Waals surface area contributed by atoms with Gasteiger partial charge in [-0.3, -0.25) is 9.67 Å². The highest BCUT2D eigenvalue weighted by Crippen LogP contribution is 2.25. The molecule has 0 saturated carbocycles. The summed E-state index contributed by atoms with van der Waals surface area (Å²) in [4.78, 5) is 26.4. The first-order valence-electron chi connectivity index (χ1n) is 8.81. The summed E-state index contributed by atoms with van der Waals surface area (Å²) in [6.45, 7) is 0. The summed E-state index contributed by atoms with van der Waals surface area (Å²) in [6, 6.07) is 12.6. The lowest BCUT2D eigenvalue weighted by Crippen LogP contribution is -2.14. The molecule has 5 rings (SSSR count). The standard InChI is InChI=1S/C20H15N7O2/c1-26(14-4-2-3-12(7-14)19(28)29)20-21-10-17-18(24-20)27(11-22-17)15-6-5-13-9-23-25-16(13)8-15/h2-11H,1H3,(H,23,25)(H,28,29). The SMILES string of the molecule is CN(c1cccc(C(=O)O)c1)c1ncc2ncn(-c3ccc4cn[nH]c4c3)c2n1. The second-order valence-corrected chi connectivity index (χ2v) is 6.55. The molecular formula is C20H15N7O2. The van der Waals surface area contributed by atoms with Crippen LogP contribution >= 0.6 is 0 Å². The number of H-pyrrole nitrogens is 1. The Morgan fingerprint density at radius 1 is 1.14 bits per heavy atom. The van der Waals surface area contributed by atoms with Gasteiger partial charge >= 0.3 is 5.97 Å². The Morgan fingerprint density at radius 2 is 2.03 bits per heavy atom. The number of aromatic nitrogens is 6. The summed E-state index contributed by atoms with van der Waals surface area (Å²) in [5.74, 6) is -0.548. The molecule has 3 heterocycles. The van der Waals surface area contributed by atoms with Gasteiger partial charge in [0.15, 0.2) is 5.65 Å². The minimum atomic E-state index is -0.983. The van der Waals surface area contributed by atoms with Crippen LogP contribution < -0.4 is 4.90 Å². The Kier molecular flexibility index (Phi) is 3.73. The summed E-state index contributed by atoms with van der Waals surface area (Å²) < 4.78 is 1.88. The molecule has 5 aromatic rings. The lowest BCUT2D eigenvalue weighted by atomic mass is 10.2. The lowest BCUT2D eigenvalue weighted by molar-refractivity contribution is 0.0697. The highest BCUT2D eigenvalue weighted by Gasteiger charge is 2.14. The van der Waals surface area contributed by atoms with Gasteiger partial charge in [-0.25, -0.2) is 14.8 Å². The number of nitrogens with one attached hydrogen (secondary N) is 1. The summed E-state index contributed by atoms with van der Waals surface area (Å²) in [5, 5.41) is 17.3. The maximum Gasteiger partial charge on any atom is 0.335 e. The van der Waals surface area contributed by atoms with Crippen LogP contribution in [0.25, 0.3) is 27.8 Å². The van der Waals surface area contributed by atoms with E-state index in [9.17, 15) is 9.90 Å². The molecule has 0 radical (unpaired) electrons. The summed E-state index contributed by atoms with van der Waals surface area (Å²) in [6.07, 6.45) is 5.12. The van der Waals surface area contributed by atoms with Crippen molar-refractivity contribution in [2.75, 3.05) is 11.9 Å².